The minimum absolute atomic E-state index is 0.105. The molecule has 0 aromatic heterocycles. The maximum Gasteiger partial charge on any atom is 0.243 e. The molecule has 0 aliphatic carbocycles. The summed E-state index contributed by atoms with van der Waals surface area (Å²) in [6, 6.07) is 8.26. The van der Waals surface area contributed by atoms with Gasteiger partial charge < -0.3 is 10.6 Å². The number of anilines is 1. The van der Waals surface area contributed by atoms with Gasteiger partial charge in [0.15, 0.2) is 0 Å². The average Bonchev–Trinajstić information content (AvgIpc) is 2.72. The minimum atomic E-state index is -0.105. The summed E-state index contributed by atoms with van der Waals surface area (Å²) in [6.07, 6.45) is 2.92. The summed E-state index contributed by atoms with van der Waals surface area (Å²) in [4.78, 5) is 12.0. The highest BCUT2D eigenvalue weighted by atomic mass is 16.2. The number of rotatable bonds is 4. The Morgan fingerprint density at radius 1 is 1.53 bits per heavy atom. The van der Waals surface area contributed by atoms with E-state index in [0.717, 1.165) is 24.9 Å². The Bertz CT molecular complexity index is 378. The maximum atomic E-state index is 12.0. The van der Waals surface area contributed by atoms with Crippen LogP contribution in [-0.2, 0) is 11.2 Å². The van der Waals surface area contributed by atoms with Crippen LogP contribution in [0.5, 0.6) is 0 Å². The van der Waals surface area contributed by atoms with Crippen LogP contribution in [0.15, 0.2) is 24.3 Å². The summed E-state index contributed by atoms with van der Waals surface area (Å²) >= 11 is 0. The predicted molar refractivity (Wildman–Crippen MR) is 70.1 cm³/mol. The summed E-state index contributed by atoms with van der Waals surface area (Å²) in [5.74, 6) is 0.113. The molecule has 0 fully saturated rings. The lowest BCUT2D eigenvalue weighted by Crippen LogP contribution is -2.42. The van der Waals surface area contributed by atoms with E-state index in [-0.39, 0.29) is 18.0 Å². The van der Waals surface area contributed by atoms with Gasteiger partial charge in [-0.2, -0.15) is 0 Å². The van der Waals surface area contributed by atoms with E-state index in [0.29, 0.717) is 0 Å². The van der Waals surface area contributed by atoms with E-state index in [1.54, 1.807) is 0 Å². The SMILES string of the molecule is CCCC(C)NC(=O)C1Cc2ccccc2N1. The second-order valence-corrected chi connectivity index (χ2v) is 4.76. The summed E-state index contributed by atoms with van der Waals surface area (Å²) in [5, 5.41) is 6.33. The van der Waals surface area contributed by atoms with Crippen molar-refractivity contribution >= 4 is 11.6 Å². The fourth-order valence-corrected chi connectivity index (χ4v) is 2.30. The van der Waals surface area contributed by atoms with Crippen LogP contribution in [0.4, 0.5) is 5.69 Å². The third kappa shape index (κ3) is 2.78. The molecule has 1 aromatic carbocycles. The molecule has 0 radical (unpaired) electrons. The molecule has 3 nitrogen and oxygen atoms in total. The highest BCUT2D eigenvalue weighted by molar-refractivity contribution is 5.87. The Kier molecular flexibility index (Phi) is 3.67. The van der Waals surface area contributed by atoms with Crippen LogP contribution in [-0.4, -0.2) is 18.0 Å². The third-order valence-corrected chi connectivity index (χ3v) is 3.20. The number of carbonyl (C=O) groups excluding carboxylic acids is 1. The molecule has 2 rings (SSSR count). The van der Waals surface area contributed by atoms with Gasteiger partial charge in [0.25, 0.3) is 0 Å². The lowest BCUT2D eigenvalue weighted by atomic mass is 10.1. The Morgan fingerprint density at radius 3 is 3.00 bits per heavy atom. The van der Waals surface area contributed by atoms with Crippen LogP contribution < -0.4 is 10.6 Å². The second kappa shape index (κ2) is 5.21. The number of hydrogen-bond donors (Lipinski definition) is 2. The van der Waals surface area contributed by atoms with Crippen molar-refractivity contribution in [3.63, 3.8) is 0 Å². The summed E-state index contributed by atoms with van der Waals surface area (Å²) in [6.45, 7) is 4.19. The van der Waals surface area contributed by atoms with Crippen LogP contribution in [0.2, 0.25) is 0 Å². The van der Waals surface area contributed by atoms with Crippen molar-refractivity contribution in [1.29, 1.82) is 0 Å². The standard InChI is InChI=1S/C14H20N2O/c1-3-6-10(2)15-14(17)13-9-11-7-4-5-8-12(11)16-13/h4-5,7-8,10,13,16H,3,6,9H2,1-2H3,(H,15,17). The number of carbonyl (C=O) groups is 1. The molecule has 3 heteroatoms. The molecular weight excluding hydrogens is 212 g/mol. The third-order valence-electron chi connectivity index (χ3n) is 3.20. The normalized spacial score (nSPS) is 19.3. The zero-order valence-electron chi connectivity index (χ0n) is 10.5. The number of para-hydroxylation sites is 1. The zero-order chi connectivity index (χ0) is 12.3. The molecule has 0 saturated carbocycles. The highest BCUT2D eigenvalue weighted by Crippen LogP contribution is 2.25. The molecule has 2 unspecified atom stereocenters. The van der Waals surface area contributed by atoms with Gasteiger partial charge in [0, 0.05) is 18.2 Å². The zero-order valence-corrected chi connectivity index (χ0v) is 10.5. The molecule has 1 aromatic rings. The molecule has 2 N–H and O–H groups in total. The molecule has 92 valence electrons. The van der Waals surface area contributed by atoms with Crippen molar-refractivity contribution in [2.24, 2.45) is 0 Å². The Labute approximate surface area is 103 Å². The Hall–Kier alpha value is -1.51. The van der Waals surface area contributed by atoms with E-state index in [1.165, 1.54) is 5.56 Å². The molecule has 0 saturated heterocycles. The molecule has 0 bridgehead atoms. The average molecular weight is 232 g/mol. The van der Waals surface area contributed by atoms with Gasteiger partial charge >= 0.3 is 0 Å². The molecular formula is C14H20N2O. The largest absolute Gasteiger partial charge is 0.373 e. The van der Waals surface area contributed by atoms with Crippen LogP contribution in [0.25, 0.3) is 0 Å². The van der Waals surface area contributed by atoms with Crippen molar-refractivity contribution in [2.45, 2.75) is 45.2 Å². The Morgan fingerprint density at radius 2 is 2.29 bits per heavy atom. The van der Waals surface area contributed by atoms with Gasteiger partial charge in [-0.3, -0.25) is 4.79 Å². The summed E-state index contributed by atoms with van der Waals surface area (Å²) in [7, 11) is 0. The Balaban J connectivity index is 1.92. The van der Waals surface area contributed by atoms with E-state index in [1.807, 2.05) is 18.2 Å². The van der Waals surface area contributed by atoms with Crippen molar-refractivity contribution in [2.75, 3.05) is 5.32 Å². The molecule has 1 aliphatic rings. The van der Waals surface area contributed by atoms with Crippen molar-refractivity contribution in [1.82, 2.24) is 5.32 Å². The van der Waals surface area contributed by atoms with E-state index in [4.69, 9.17) is 0 Å². The van der Waals surface area contributed by atoms with E-state index >= 15 is 0 Å². The lowest BCUT2D eigenvalue weighted by Gasteiger charge is -2.16. The van der Waals surface area contributed by atoms with Gasteiger partial charge in [0.05, 0.1) is 0 Å². The molecule has 2 atom stereocenters. The first-order valence-electron chi connectivity index (χ1n) is 6.35. The van der Waals surface area contributed by atoms with Gasteiger partial charge in [-0.1, -0.05) is 31.5 Å². The maximum absolute atomic E-state index is 12.0. The van der Waals surface area contributed by atoms with Gasteiger partial charge in [0.2, 0.25) is 5.91 Å². The van der Waals surface area contributed by atoms with Gasteiger partial charge in [-0.05, 0) is 25.0 Å². The monoisotopic (exact) mass is 232 g/mol. The number of nitrogens with one attached hydrogen (secondary N) is 2. The molecule has 1 amide bonds. The molecule has 0 spiro atoms. The quantitative estimate of drug-likeness (QED) is 0.836. The minimum Gasteiger partial charge on any atom is -0.373 e. The van der Waals surface area contributed by atoms with Crippen molar-refractivity contribution in [3.8, 4) is 0 Å². The van der Waals surface area contributed by atoms with Crippen LogP contribution >= 0.6 is 0 Å². The van der Waals surface area contributed by atoms with E-state index in [2.05, 4.69) is 30.5 Å². The predicted octanol–water partition coefficient (Wildman–Crippen LogP) is 2.33. The number of fused-ring (bicyclic) bond motifs is 1. The van der Waals surface area contributed by atoms with Crippen LogP contribution in [0.1, 0.15) is 32.3 Å². The second-order valence-electron chi connectivity index (χ2n) is 4.76. The highest BCUT2D eigenvalue weighted by Gasteiger charge is 2.26. The van der Waals surface area contributed by atoms with Crippen molar-refractivity contribution < 1.29 is 4.79 Å². The summed E-state index contributed by atoms with van der Waals surface area (Å²) < 4.78 is 0. The van der Waals surface area contributed by atoms with Gasteiger partial charge in [-0.15, -0.1) is 0 Å². The number of hydrogen-bond acceptors (Lipinski definition) is 2. The van der Waals surface area contributed by atoms with Crippen molar-refractivity contribution in [3.05, 3.63) is 29.8 Å². The smallest absolute Gasteiger partial charge is 0.243 e. The van der Waals surface area contributed by atoms with Crippen LogP contribution in [0.3, 0.4) is 0 Å². The first kappa shape index (κ1) is 12.0. The van der Waals surface area contributed by atoms with E-state index in [9.17, 15) is 4.79 Å². The van der Waals surface area contributed by atoms with Crippen LogP contribution in [0, 0.1) is 0 Å². The molecule has 1 aliphatic heterocycles. The lowest BCUT2D eigenvalue weighted by molar-refractivity contribution is -0.122. The summed E-state index contributed by atoms with van der Waals surface area (Å²) in [5.41, 5.74) is 2.33. The molecule has 1 heterocycles. The topological polar surface area (TPSA) is 41.1 Å². The number of amides is 1. The first-order chi connectivity index (χ1) is 8.20. The molecule has 17 heavy (non-hydrogen) atoms. The fourth-order valence-electron chi connectivity index (χ4n) is 2.30. The van der Waals surface area contributed by atoms with Gasteiger partial charge in [0.1, 0.15) is 6.04 Å². The van der Waals surface area contributed by atoms with Gasteiger partial charge in [-0.25, -0.2) is 0 Å². The first-order valence-corrected chi connectivity index (χ1v) is 6.35. The number of benzene rings is 1. The van der Waals surface area contributed by atoms with E-state index < -0.39 is 0 Å². The fraction of sp³-hybridized carbons (Fsp3) is 0.500.